The van der Waals surface area contributed by atoms with E-state index in [0.717, 1.165) is 16.8 Å². The fourth-order valence-corrected chi connectivity index (χ4v) is 2.86. The van der Waals surface area contributed by atoms with Crippen LogP contribution in [0, 0.1) is 0 Å². The number of nitrogens with zero attached hydrogens (tertiary/aromatic N) is 1. The highest BCUT2D eigenvalue weighted by Crippen LogP contribution is 2.21. The largest absolute Gasteiger partial charge is 0.398 e. The Balaban J connectivity index is 1.68. The molecule has 3 rings (SSSR count). The number of hydrogen-bond acceptors (Lipinski definition) is 3. The maximum absolute atomic E-state index is 6.06. The van der Waals surface area contributed by atoms with Crippen molar-refractivity contribution in [3.05, 3.63) is 88.9 Å². The molecule has 0 saturated heterocycles. The van der Waals surface area contributed by atoms with Crippen molar-refractivity contribution < 1.29 is 4.84 Å². The number of rotatable bonds is 6. The van der Waals surface area contributed by atoms with Gasteiger partial charge in [0.2, 0.25) is 0 Å². The van der Waals surface area contributed by atoms with Crippen molar-refractivity contribution in [3.63, 3.8) is 0 Å². The van der Waals surface area contributed by atoms with Crippen LogP contribution in [0.25, 0.3) is 11.1 Å². The fourth-order valence-electron chi connectivity index (χ4n) is 2.69. The number of anilines is 1. The summed E-state index contributed by atoms with van der Waals surface area (Å²) in [5, 5.41) is 4.90. The van der Waals surface area contributed by atoms with Gasteiger partial charge in [0, 0.05) is 16.3 Å². The van der Waals surface area contributed by atoms with Crippen LogP contribution < -0.4 is 5.73 Å². The Morgan fingerprint density at radius 2 is 1.65 bits per heavy atom. The van der Waals surface area contributed by atoms with Crippen LogP contribution in [-0.2, 0) is 11.4 Å². The van der Waals surface area contributed by atoms with E-state index in [9.17, 15) is 0 Å². The number of benzene rings is 3. The quantitative estimate of drug-likeness (QED) is 0.335. The Morgan fingerprint density at radius 3 is 2.35 bits per heavy atom. The summed E-state index contributed by atoms with van der Waals surface area (Å²) in [6.45, 7) is 2.41. The third kappa shape index (κ3) is 4.44. The summed E-state index contributed by atoms with van der Waals surface area (Å²) in [5.41, 5.74) is 11.7. The van der Waals surface area contributed by atoms with Gasteiger partial charge < -0.3 is 10.6 Å². The highest BCUT2D eigenvalue weighted by atomic mass is 35.5. The van der Waals surface area contributed by atoms with E-state index in [-0.39, 0.29) is 0 Å². The average Bonchev–Trinajstić information content (AvgIpc) is 2.69. The monoisotopic (exact) mass is 364 g/mol. The molecule has 0 radical (unpaired) electrons. The molecule has 0 heterocycles. The van der Waals surface area contributed by atoms with E-state index in [0.29, 0.717) is 23.7 Å². The van der Waals surface area contributed by atoms with Crippen LogP contribution in [0.4, 0.5) is 5.69 Å². The van der Waals surface area contributed by atoms with Crippen molar-refractivity contribution in [1.29, 1.82) is 0 Å². The molecule has 3 aromatic rings. The van der Waals surface area contributed by atoms with Crippen molar-refractivity contribution in [3.8, 4) is 11.1 Å². The molecule has 0 aliphatic rings. The third-order valence-corrected chi connectivity index (χ3v) is 4.36. The number of oxime groups is 1. The molecule has 26 heavy (non-hydrogen) atoms. The van der Waals surface area contributed by atoms with E-state index in [4.69, 9.17) is 22.2 Å². The van der Waals surface area contributed by atoms with Gasteiger partial charge >= 0.3 is 0 Å². The molecule has 0 spiro atoms. The predicted octanol–water partition coefficient (Wildman–Crippen LogP) is 5.92. The zero-order valence-electron chi connectivity index (χ0n) is 14.7. The van der Waals surface area contributed by atoms with Crippen molar-refractivity contribution >= 4 is 23.0 Å². The van der Waals surface area contributed by atoms with E-state index in [1.165, 1.54) is 11.1 Å². The molecule has 4 heteroatoms. The smallest absolute Gasteiger partial charge is 0.142 e. The van der Waals surface area contributed by atoms with Gasteiger partial charge in [-0.15, -0.1) is 0 Å². The first kappa shape index (κ1) is 18.0. The van der Waals surface area contributed by atoms with Crippen molar-refractivity contribution in [2.45, 2.75) is 20.0 Å². The van der Waals surface area contributed by atoms with Crippen LogP contribution in [0.15, 0.2) is 78.0 Å². The summed E-state index contributed by atoms with van der Waals surface area (Å²) in [7, 11) is 0. The first-order valence-electron chi connectivity index (χ1n) is 8.56. The van der Waals surface area contributed by atoms with Gasteiger partial charge in [-0.25, -0.2) is 0 Å². The standard InChI is InChI=1S/C22H21ClN2O/c1-2-22(20-14-19(23)12-13-21(20)24)25-26-15-16-8-10-18(11-9-16)17-6-4-3-5-7-17/h3-14H,2,15,24H2,1H3/b25-22+. The van der Waals surface area contributed by atoms with Crippen LogP contribution in [0.3, 0.4) is 0 Å². The summed E-state index contributed by atoms with van der Waals surface area (Å²) in [6, 6.07) is 23.9. The maximum atomic E-state index is 6.06. The Kier molecular flexibility index (Phi) is 5.92. The van der Waals surface area contributed by atoms with Crippen LogP contribution in [0.5, 0.6) is 0 Å². The lowest BCUT2D eigenvalue weighted by Crippen LogP contribution is -2.05. The molecule has 3 aromatic carbocycles. The molecule has 0 bridgehead atoms. The minimum atomic E-state index is 0.402. The highest BCUT2D eigenvalue weighted by Gasteiger charge is 2.08. The maximum Gasteiger partial charge on any atom is 0.142 e. The summed E-state index contributed by atoms with van der Waals surface area (Å²) in [6.07, 6.45) is 0.706. The fraction of sp³-hybridized carbons (Fsp3) is 0.136. The number of nitrogen functional groups attached to an aromatic ring is 1. The van der Waals surface area contributed by atoms with E-state index >= 15 is 0 Å². The summed E-state index contributed by atoms with van der Waals surface area (Å²) in [4.78, 5) is 5.56. The molecule has 0 fully saturated rings. The topological polar surface area (TPSA) is 47.6 Å². The molecule has 0 aliphatic heterocycles. The number of nitrogens with two attached hydrogens (primary N) is 1. The minimum absolute atomic E-state index is 0.402. The summed E-state index contributed by atoms with van der Waals surface area (Å²) < 4.78 is 0. The lowest BCUT2D eigenvalue weighted by molar-refractivity contribution is 0.130. The van der Waals surface area contributed by atoms with Gasteiger partial charge in [0.15, 0.2) is 0 Å². The SMILES string of the molecule is CC/C(=N\OCc1ccc(-c2ccccc2)cc1)c1cc(Cl)ccc1N. The van der Waals surface area contributed by atoms with Gasteiger partial charge in [-0.3, -0.25) is 0 Å². The molecule has 0 atom stereocenters. The Morgan fingerprint density at radius 1 is 0.962 bits per heavy atom. The second-order valence-corrected chi connectivity index (χ2v) is 6.40. The van der Waals surface area contributed by atoms with E-state index in [1.54, 1.807) is 12.1 Å². The third-order valence-electron chi connectivity index (χ3n) is 4.13. The molecule has 0 unspecified atom stereocenters. The number of hydrogen-bond donors (Lipinski definition) is 1. The molecule has 0 amide bonds. The van der Waals surface area contributed by atoms with Gasteiger partial charge in [0.05, 0.1) is 5.71 Å². The van der Waals surface area contributed by atoms with Gasteiger partial charge in [0.1, 0.15) is 6.61 Å². The zero-order chi connectivity index (χ0) is 18.4. The van der Waals surface area contributed by atoms with Gasteiger partial charge in [-0.2, -0.15) is 0 Å². The van der Waals surface area contributed by atoms with Crippen LogP contribution in [0.2, 0.25) is 5.02 Å². The molecule has 3 nitrogen and oxygen atoms in total. The number of halogens is 1. The van der Waals surface area contributed by atoms with Crippen LogP contribution in [-0.4, -0.2) is 5.71 Å². The molecule has 0 aliphatic carbocycles. The predicted molar refractivity (Wildman–Crippen MR) is 109 cm³/mol. The molecule has 0 saturated carbocycles. The highest BCUT2D eigenvalue weighted by molar-refractivity contribution is 6.31. The Hall–Kier alpha value is -2.78. The van der Waals surface area contributed by atoms with Crippen molar-refractivity contribution in [1.82, 2.24) is 0 Å². The lowest BCUT2D eigenvalue weighted by Gasteiger charge is -2.09. The lowest BCUT2D eigenvalue weighted by atomic mass is 10.0. The normalized spacial score (nSPS) is 11.4. The van der Waals surface area contributed by atoms with Gasteiger partial charge in [-0.1, -0.05) is 78.3 Å². The van der Waals surface area contributed by atoms with E-state index in [1.807, 2.05) is 31.2 Å². The van der Waals surface area contributed by atoms with E-state index in [2.05, 4.69) is 41.6 Å². The van der Waals surface area contributed by atoms with Gasteiger partial charge in [-0.05, 0) is 41.3 Å². The van der Waals surface area contributed by atoms with E-state index < -0.39 is 0 Å². The Labute approximate surface area is 159 Å². The first-order chi connectivity index (χ1) is 12.7. The molecule has 0 aromatic heterocycles. The zero-order valence-corrected chi connectivity index (χ0v) is 15.4. The second-order valence-electron chi connectivity index (χ2n) is 5.96. The minimum Gasteiger partial charge on any atom is -0.398 e. The van der Waals surface area contributed by atoms with Crippen molar-refractivity contribution in [2.75, 3.05) is 5.73 Å². The molecular weight excluding hydrogens is 344 g/mol. The van der Waals surface area contributed by atoms with Gasteiger partial charge in [0.25, 0.3) is 0 Å². The van der Waals surface area contributed by atoms with Crippen molar-refractivity contribution in [2.24, 2.45) is 5.16 Å². The first-order valence-corrected chi connectivity index (χ1v) is 8.93. The molecular formula is C22H21ClN2O. The average molecular weight is 365 g/mol. The summed E-state index contributed by atoms with van der Waals surface area (Å²) in [5.74, 6) is 0. The summed E-state index contributed by atoms with van der Waals surface area (Å²) >= 11 is 6.06. The molecule has 132 valence electrons. The van der Waals surface area contributed by atoms with Crippen LogP contribution >= 0.6 is 11.6 Å². The molecule has 2 N–H and O–H groups in total. The second kappa shape index (κ2) is 8.54. The Bertz CT molecular complexity index is 890. The van der Waals surface area contributed by atoms with Crippen LogP contribution in [0.1, 0.15) is 24.5 Å².